The van der Waals surface area contributed by atoms with E-state index in [1.54, 1.807) is 12.4 Å². The smallest absolute Gasteiger partial charge is 0.128 e. The van der Waals surface area contributed by atoms with Crippen molar-refractivity contribution in [2.24, 2.45) is 0 Å². The molecule has 64 valence electrons. The van der Waals surface area contributed by atoms with Crippen LogP contribution in [0.25, 0.3) is 11.3 Å². The van der Waals surface area contributed by atoms with E-state index in [-0.39, 0.29) is 0 Å². The highest BCUT2D eigenvalue weighted by Gasteiger charge is 1.98. The average Bonchev–Trinajstić information content (AvgIpc) is 2.20. The second-order valence-electron chi connectivity index (χ2n) is 2.48. The van der Waals surface area contributed by atoms with Gasteiger partial charge >= 0.3 is 0 Å². The summed E-state index contributed by atoms with van der Waals surface area (Å²) >= 11 is 3.23. The van der Waals surface area contributed by atoms with Gasteiger partial charge in [-0.05, 0) is 40.2 Å². The van der Waals surface area contributed by atoms with E-state index in [9.17, 15) is 0 Å². The summed E-state index contributed by atoms with van der Waals surface area (Å²) in [5.41, 5.74) is 1.80. The first-order chi connectivity index (χ1) is 6.36. The van der Waals surface area contributed by atoms with Crippen LogP contribution in [0.3, 0.4) is 0 Å². The summed E-state index contributed by atoms with van der Waals surface area (Å²) in [5, 5.41) is 7.91. The molecule has 0 spiro atoms. The average molecular weight is 236 g/mol. The Morgan fingerprint density at radius 1 is 1.08 bits per heavy atom. The van der Waals surface area contributed by atoms with Gasteiger partial charge < -0.3 is 0 Å². The SMILES string of the molecule is Brc1ccc(-c2cccnc2)nn1. The van der Waals surface area contributed by atoms with E-state index in [1.807, 2.05) is 24.3 Å². The Labute approximate surface area is 84.0 Å². The molecule has 2 rings (SSSR count). The fraction of sp³-hybridized carbons (Fsp3) is 0. The summed E-state index contributed by atoms with van der Waals surface area (Å²) in [7, 11) is 0. The summed E-state index contributed by atoms with van der Waals surface area (Å²) in [6.45, 7) is 0. The van der Waals surface area contributed by atoms with Crippen LogP contribution < -0.4 is 0 Å². The van der Waals surface area contributed by atoms with Crippen molar-refractivity contribution < 1.29 is 0 Å². The lowest BCUT2D eigenvalue weighted by Crippen LogP contribution is -1.87. The largest absolute Gasteiger partial charge is 0.264 e. The number of pyridine rings is 1. The van der Waals surface area contributed by atoms with Crippen molar-refractivity contribution in [2.45, 2.75) is 0 Å². The molecule has 0 amide bonds. The number of hydrogen-bond donors (Lipinski definition) is 0. The van der Waals surface area contributed by atoms with E-state index in [1.165, 1.54) is 0 Å². The molecule has 0 aliphatic rings. The van der Waals surface area contributed by atoms with Crippen LogP contribution in [0.15, 0.2) is 41.3 Å². The van der Waals surface area contributed by atoms with Gasteiger partial charge in [0, 0.05) is 18.0 Å². The number of halogens is 1. The van der Waals surface area contributed by atoms with E-state index in [0.29, 0.717) is 0 Å². The van der Waals surface area contributed by atoms with Crippen molar-refractivity contribution in [3.8, 4) is 11.3 Å². The maximum atomic E-state index is 4.01. The molecule has 2 heterocycles. The van der Waals surface area contributed by atoms with Crippen molar-refractivity contribution >= 4 is 15.9 Å². The molecule has 3 nitrogen and oxygen atoms in total. The third-order valence-electron chi connectivity index (χ3n) is 1.59. The molecule has 0 aliphatic heterocycles. The van der Waals surface area contributed by atoms with Gasteiger partial charge in [-0.15, -0.1) is 10.2 Å². The molecule has 0 atom stereocenters. The summed E-state index contributed by atoms with van der Waals surface area (Å²) < 4.78 is 0.736. The Balaban J connectivity index is 2.42. The molecule has 0 radical (unpaired) electrons. The van der Waals surface area contributed by atoms with Crippen molar-refractivity contribution in [1.29, 1.82) is 0 Å². The highest BCUT2D eigenvalue weighted by Crippen LogP contribution is 2.15. The fourth-order valence-electron chi connectivity index (χ4n) is 0.984. The summed E-state index contributed by atoms with van der Waals surface area (Å²) in [5.74, 6) is 0. The molecule has 0 N–H and O–H groups in total. The highest BCUT2D eigenvalue weighted by molar-refractivity contribution is 9.10. The Bertz CT molecular complexity index is 385. The number of hydrogen-bond acceptors (Lipinski definition) is 3. The lowest BCUT2D eigenvalue weighted by molar-refractivity contribution is 1.01. The van der Waals surface area contributed by atoms with E-state index in [4.69, 9.17) is 0 Å². The molecule has 4 heteroatoms. The molecular formula is C9H6BrN3. The van der Waals surface area contributed by atoms with Gasteiger partial charge in [-0.2, -0.15) is 0 Å². The van der Waals surface area contributed by atoms with Gasteiger partial charge in [0.05, 0.1) is 5.69 Å². The van der Waals surface area contributed by atoms with Crippen LogP contribution in [0, 0.1) is 0 Å². The minimum absolute atomic E-state index is 0.736. The summed E-state index contributed by atoms with van der Waals surface area (Å²) in [6, 6.07) is 7.58. The Kier molecular flexibility index (Phi) is 2.31. The Hall–Kier alpha value is -1.29. The van der Waals surface area contributed by atoms with Crippen LogP contribution >= 0.6 is 15.9 Å². The predicted molar refractivity (Wildman–Crippen MR) is 53.0 cm³/mol. The Morgan fingerprint density at radius 3 is 2.62 bits per heavy atom. The monoisotopic (exact) mass is 235 g/mol. The van der Waals surface area contributed by atoms with E-state index in [2.05, 4.69) is 31.1 Å². The lowest BCUT2D eigenvalue weighted by atomic mass is 10.2. The van der Waals surface area contributed by atoms with E-state index in [0.717, 1.165) is 15.9 Å². The molecule has 0 unspecified atom stereocenters. The van der Waals surface area contributed by atoms with Gasteiger partial charge in [0.2, 0.25) is 0 Å². The maximum Gasteiger partial charge on any atom is 0.128 e. The molecule has 0 saturated heterocycles. The van der Waals surface area contributed by atoms with Gasteiger partial charge in [-0.1, -0.05) is 0 Å². The van der Waals surface area contributed by atoms with Gasteiger partial charge in [-0.3, -0.25) is 4.98 Å². The molecule has 13 heavy (non-hydrogen) atoms. The van der Waals surface area contributed by atoms with Crippen LogP contribution in [-0.2, 0) is 0 Å². The van der Waals surface area contributed by atoms with Gasteiger partial charge in [-0.25, -0.2) is 0 Å². The van der Waals surface area contributed by atoms with Gasteiger partial charge in [0.1, 0.15) is 4.60 Å². The van der Waals surface area contributed by atoms with Crippen LogP contribution in [0.4, 0.5) is 0 Å². The number of aromatic nitrogens is 3. The zero-order valence-corrected chi connectivity index (χ0v) is 8.27. The molecule has 0 bridgehead atoms. The minimum Gasteiger partial charge on any atom is -0.264 e. The van der Waals surface area contributed by atoms with Crippen molar-refractivity contribution in [3.05, 3.63) is 41.3 Å². The third kappa shape index (κ3) is 1.89. The molecule has 0 aliphatic carbocycles. The summed E-state index contributed by atoms with van der Waals surface area (Å²) in [6.07, 6.45) is 3.49. The van der Waals surface area contributed by atoms with E-state index >= 15 is 0 Å². The first-order valence-electron chi connectivity index (χ1n) is 3.76. The van der Waals surface area contributed by atoms with Crippen LogP contribution in [0.5, 0.6) is 0 Å². The predicted octanol–water partition coefficient (Wildman–Crippen LogP) is 2.30. The van der Waals surface area contributed by atoms with Gasteiger partial charge in [0.15, 0.2) is 0 Å². The molecule has 0 fully saturated rings. The first-order valence-corrected chi connectivity index (χ1v) is 4.55. The lowest BCUT2D eigenvalue weighted by Gasteiger charge is -1.97. The van der Waals surface area contributed by atoms with Crippen LogP contribution in [0.1, 0.15) is 0 Å². The normalized spacial score (nSPS) is 9.92. The second kappa shape index (κ2) is 3.62. The summed E-state index contributed by atoms with van der Waals surface area (Å²) in [4.78, 5) is 4.00. The van der Waals surface area contributed by atoms with Crippen LogP contribution in [0.2, 0.25) is 0 Å². The molecule has 0 saturated carbocycles. The highest BCUT2D eigenvalue weighted by atomic mass is 79.9. The van der Waals surface area contributed by atoms with Crippen molar-refractivity contribution in [1.82, 2.24) is 15.2 Å². The standard InChI is InChI=1S/C9H6BrN3/c10-9-4-3-8(12-13-9)7-2-1-5-11-6-7/h1-6H. The van der Waals surface area contributed by atoms with E-state index < -0.39 is 0 Å². The first kappa shape index (κ1) is 8.31. The molecule has 0 aromatic carbocycles. The topological polar surface area (TPSA) is 38.7 Å². The van der Waals surface area contributed by atoms with Crippen LogP contribution in [-0.4, -0.2) is 15.2 Å². The number of nitrogens with zero attached hydrogens (tertiary/aromatic N) is 3. The van der Waals surface area contributed by atoms with Crippen molar-refractivity contribution in [3.63, 3.8) is 0 Å². The number of rotatable bonds is 1. The molecule has 2 aromatic heterocycles. The third-order valence-corrected chi connectivity index (χ3v) is 2.01. The second-order valence-corrected chi connectivity index (χ2v) is 3.30. The van der Waals surface area contributed by atoms with Crippen molar-refractivity contribution in [2.75, 3.05) is 0 Å². The molecule has 2 aromatic rings. The quantitative estimate of drug-likeness (QED) is 0.762. The Morgan fingerprint density at radius 2 is 2.00 bits per heavy atom. The molecular weight excluding hydrogens is 230 g/mol. The zero-order chi connectivity index (χ0) is 9.10. The minimum atomic E-state index is 0.736. The maximum absolute atomic E-state index is 4.01. The zero-order valence-electron chi connectivity index (χ0n) is 6.68. The fourth-order valence-corrected chi connectivity index (χ4v) is 1.20. The van der Waals surface area contributed by atoms with Gasteiger partial charge in [0.25, 0.3) is 0 Å².